The number of nitrogens with zero attached hydrogens (tertiary/aromatic N) is 1. The molecule has 6 nitrogen and oxygen atoms in total. The van der Waals surface area contributed by atoms with Crippen molar-refractivity contribution in [2.24, 2.45) is 0 Å². The summed E-state index contributed by atoms with van der Waals surface area (Å²) in [6.45, 7) is 5.78. The third kappa shape index (κ3) is 4.45. The van der Waals surface area contributed by atoms with Crippen LogP contribution < -0.4 is 5.32 Å². The summed E-state index contributed by atoms with van der Waals surface area (Å²) >= 11 is 0. The minimum Gasteiger partial charge on any atom is -0.477 e. The van der Waals surface area contributed by atoms with Crippen molar-refractivity contribution in [3.05, 3.63) is 89.4 Å². The van der Waals surface area contributed by atoms with Crippen molar-refractivity contribution < 1.29 is 15.0 Å². The predicted octanol–water partition coefficient (Wildman–Crippen LogP) is 2.95. The van der Waals surface area contributed by atoms with Gasteiger partial charge in [-0.2, -0.15) is 5.10 Å². The molecule has 6 heteroatoms. The van der Waals surface area contributed by atoms with Gasteiger partial charge in [0.15, 0.2) is 0 Å². The highest BCUT2D eigenvalue weighted by Gasteiger charge is 2.18. The van der Waals surface area contributed by atoms with Gasteiger partial charge in [-0.3, -0.25) is 5.10 Å². The van der Waals surface area contributed by atoms with Crippen molar-refractivity contribution in [2.75, 3.05) is 0 Å². The first-order chi connectivity index (χ1) is 12.1. The molecule has 4 N–H and O–H groups in total. The molecule has 0 aliphatic carbocycles. The molecule has 0 spiro atoms. The molecule has 0 radical (unpaired) electrons. The van der Waals surface area contributed by atoms with E-state index in [0.717, 1.165) is 5.56 Å². The molecular formula is C19H21N3O3. The monoisotopic (exact) mass is 339 g/mol. The topological polar surface area (TPSA) is 98.2 Å². The fraction of sp³-hybridized carbons (Fsp3) is 0.158. The molecule has 2 rings (SSSR count). The molecule has 1 aromatic carbocycles. The van der Waals surface area contributed by atoms with Crippen LogP contribution in [0.1, 0.15) is 34.6 Å². The van der Waals surface area contributed by atoms with E-state index in [4.69, 9.17) is 5.11 Å². The van der Waals surface area contributed by atoms with Crippen LogP contribution >= 0.6 is 0 Å². The summed E-state index contributed by atoms with van der Waals surface area (Å²) in [6, 6.07) is 9.30. The summed E-state index contributed by atoms with van der Waals surface area (Å²) < 4.78 is 0. The van der Waals surface area contributed by atoms with Gasteiger partial charge in [0.25, 0.3) is 0 Å². The fourth-order valence-corrected chi connectivity index (χ4v) is 2.47. The number of rotatable bonds is 8. The van der Waals surface area contributed by atoms with Gasteiger partial charge in [-0.25, -0.2) is 4.79 Å². The zero-order valence-corrected chi connectivity index (χ0v) is 13.9. The van der Waals surface area contributed by atoms with Crippen molar-refractivity contribution in [3.63, 3.8) is 0 Å². The molecule has 130 valence electrons. The van der Waals surface area contributed by atoms with Gasteiger partial charge in [-0.15, -0.1) is 0 Å². The summed E-state index contributed by atoms with van der Waals surface area (Å²) in [5, 5.41) is 29.2. The molecule has 1 heterocycles. The molecule has 0 saturated heterocycles. The second kappa shape index (κ2) is 8.65. The molecule has 0 fully saturated rings. The Morgan fingerprint density at radius 3 is 2.72 bits per heavy atom. The number of aliphatic hydroxyl groups is 1. The summed E-state index contributed by atoms with van der Waals surface area (Å²) in [6.07, 6.45) is 5.81. The number of nitrogens with one attached hydrogen (secondary N) is 2. The minimum absolute atomic E-state index is 0.0380. The van der Waals surface area contributed by atoms with Gasteiger partial charge in [0.05, 0.1) is 6.20 Å². The summed E-state index contributed by atoms with van der Waals surface area (Å²) in [4.78, 5) is 11.2. The molecule has 0 saturated carbocycles. The lowest BCUT2D eigenvalue weighted by Crippen LogP contribution is -2.19. The SMILES string of the molecule is C=C/C=C(NCc1cn[nH]c1C(=O)O)\C(=C/C)C(O)c1ccccc1. The second-order valence-corrected chi connectivity index (χ2v) is 5.30. The smallest absolute Gasteiger partial charge is 0.354 e. The number of aromatic carboxylic acids is 1. The maximum absolute atomic E-state index is 11.2. The van der Waals surface area contributed by atoms with Crippen molar-refractivity contribution in [1.29, 1.82) is 0 Å². The van der Waals surface area contributed by atoms with E-state index in [0.29, 0.717) is 16.8 Å². The molecule has 2 aromatic rings. The quantitative estimate of drug-likeness (QED) is 0.554. The number of aliphatic hydroxyl groups excluding tert-OH is 1. The number of hydrogen-bond donors (Lipinski definition) is 4. The first kappa shape index (κ1) is 18.2. The van der Waals surface area contributed by atoms with E-state index < -0.39 is 12.1 Å². The Morgan fingerprint density at radius 2 is 2.12 bits per heavy atom. The lowest BCUT2D eigenvalue weighted by Gasteiger charge is -2.20. The number of benzene rings is 1. The molecule has 25 heavy (non-hydrogen) atoms. The zero-order valence-electron chi connectivity index (χ0n) is 13.9. The van der Waals surface area contributed by atoms with Crippen LogP contribution in [0.25, 0.3) is 0 Å². The summed E-state index contributed by atoms with van der Waals surface area (Å²) in [5.74, 6) is -1.07. The van der Waals surface area contributed by atoms with Crippen molar-refractivity contribution >= 4 is 5.97 Å². The fourth-order valence-electron chi connectivity index (χ4n) is 2.47. The second-order valence-electron chi connectivity index (χ2n) is 5.30. The number of allylic oxidation sites excluding steroid dienone is 3. The highest BCUT2D eigenvalue weighted by molar-refractivity contribution is 5.86. The molecular weight excluding hydrogens is 318 g/mol. The molecule has 0 aliphatic rings. The third-order valence-corrected chi connectivity index (χ3v) is 3.72. The van der Waals surface area contributed by atoms with E-state index in [1.54, 1.807) is 12.2 Å². The van der Waals surface area contributed by atoms with E-state index in [1.807, 2.05) is 43.3 Å². The highest BCUT2D eigenvalue weighted by Crippen LogP contribution is 2.26. The number of carboxylic acids is 1. The Kier molecular flexibility index (Phi) is 6.31. The van der Waals surface area contributed by atoms with Crippen LogP contribution in [0, 0.1) is 0 Å². The van der Waals surface area contributed by atoms with E-state index >= 15 is 0 Å². The maximum Gasteiger partial charge on any atom is 0.354 e. The van der Waals surface area contributed by atoms with Gasteiger partial charge in [0.1, 0.15) is 11.8 Å². The number of aromatic nitrogens is 2. The van der Waals surface area contributed by atoms with Crippen LogP contribution in [-0.2, 0) is 6.54 Å². The molecule has 0 aliphatic heterocycles. The Morgan fingerprint density at radius 1 is 1.40 bits per heavy atom. The molecule has 1 unspecified atom stereocenters. The minimum atomic E-state index is -1.07. The summed E-state index contributed by atoms with van der Waals surface area (Å²) in [7, 11) is 0. The van der Waals surface area contributed by atoms with Crippen LogP contribution in [-0.4, -0.2) is 26.4 Å². The number of carboxylic acid groups (broad SMARTS) is 1. The van der Waals surface area contributed by atoms with Crippen LogP contribution in [0.15, 0.2) is 72.6 Å². The van der Waals surface area contributed by atoms with Crippen molar-refractivity contribution in [1.82, 2.24) is 15.5 Å². The normalized spacial score (nSPS) is 13.4. The zero-order chi connectivity index (χ0) is 18.2. The van der Waals surface area contributed by atoms with Gasteiger partial charge in [-0.1, -0.05) is 49.1 Å². The van der Waals surface area contributed by atoms with E-state index in [9.17, 15) is 9.90 Å². The number of carbonyl (C=O) groups is 1. The van der Waals surface area contributed by atoms with E-state index in [-0.39, 0.29) is 12.2 Å². The molecule has 0 bridgehead atoms. The molecule has 1 atom stereocenters. The van der Waals surface area contributed by atoms with E-state index in [2.05, 4.69) is 22.1 Å². The molecule has 1 aromatic heterocycles. The van der Waals surface area contributed by atoms with Crippen LogP contribution in [0.2, 0.25) is 0 Å². The standard InChI is InChI=1S/C19H21N3O3/c1-3-8-16(20-11-14-12-21-22-17(14)19(24)25)15(4-2)18(23)13-9-6-5-7-10-13/h3-10,12,18,20,23H,1,11H2,2H3,(H,21,22)(H,24,25)/b15-4+,16-8+. The average Bonchev–Trinajstić information content (AvgIpc) is 3.09. The van der Waals surface area contributed by atoms with Gasteiger partial charge < -0.3 is 15.5 Å². The highest BCUT2D eigenvalue weighted by atomic mass is 16.4. The number of aromatic amines is 1. The van der Waals surface area contributed by atoms with Crippen LogP contribution in [0.4, 0.5) is 0 Å². The van der Waals surface area contributed by atoms with Crippen LogP contribution in [0.5, 0.6) is 0 Å². The van der Waals surface area contributed by atoms with E-state index in [1.165, 1.54) is 6.20 Å². The van der Waals surface area contributed by atoms with Crippen molar-refractivity contribution in [3.8, 4) is 0 Å². The van der Waals surface area contributed by atoms with Crippen molar-refractivity contribution in [2.45, 2.75) is 19.6 Å². The predicted molar refractivity (Wildman–Crippen MR) is 95.8 cm³/mol. The first-order valence-electron chi connectivity index (χ1n) is 7.80. The summed E-state index contributed by atoms with van der Waals surface area (Å²) in [5.41, 5.74) is 2.66. The lowest BCUT2D eigenvalue weighted by molar-refractivity contribution is 0.0689. The number of hydrogen-bond acceptors (Lipinski definition) is 4. The van der Waals surface area contributed by atoms with Gasteiger partial charge in [0, 0.05) is 23.4 Å². The number of H-pyrrole nitrogens is 1. The Balaban J connectivity index is 2.21. The third-order valence-electron chi connectivity index (χ3n) is 3.72. The van der Waals surface area contributed by atoms with Gasteiger partial charge >= 0.3 is 5.97 Å². The van der Waals surface area contributed by atoms with Gasteiger partial charge in [-0.05, 0) is 18.6 Å². The Hall–Kier alpha value is -3.12. The Labute approximate surface area is 146 Å². The average molecular weight is 339 g/mol. The molecule has 0 amide bonds. The first-order valence-corrected chi connectivity index (χ1v) is 7.80. The largest absolute Gasteiger partial charge is 0.477 e. The lowest BCUT2D eigenvalue weighted by atomic mass is 9.98. The maximum atomic E-state index is 11.2. The Bertz CT molecular complexity index is 791. The van der Waals surface area contributed by atoms with Crippen LogP contribution in [0.3, 0.4) is 0 Å². The van der Waals surface area contributed by atoms with Gasteiger partial charge in [0.2, 0.25) is 0 Å².